The zero-order valence-electron chi connectivity index (χ0n) is 12.8. The van der Waals surface area contributed by atoms with Crippen LogP contribution >= 0.6 is 0 Å². The van der Waals surface area contributed by atoms with Gasteiger partial charge in [-0.05, 0) is 57.7 Å². The summed E-state index contributed by atoms with van der Waals surface area (Å²) in [5, 5.41) is 3.65. The summed E-state index contributed by atoms with van der Waals surface area (Å²) in [4.78, 5) is 0. The van der Waals surface area contributed by atoms with Crippen molar-refractivity contribution in [2.45, 2.75) is 58.6 Å². The lowest BCUT2D eigenvalue weighted by Crippen LogP contribution is -2.44. The van der Waals surface area contributed by atoms with E-state index in [1.165, 1.54) is 23.1 Å². The summed E-state index contributed by atoms with van der Waals surface area (Å²) < 4.78 is 6.16. The summed E-state index contributed by atoms with van der Waals surface area (Å²) in [5.41, 5.74) is 3.87. The Balaban J connectivity index is 2.18. The van der Waals surface area contributed by atoms with Crippen LogP contribution in [-0.4, -0.2) is 19.2 Å². The summed E-state index contributed by atoms with van der Waals surface area (Å²) >= 11 is 0. The standard InChI is InChI=1S/C17H27NO/c1-5-9-18-15-8-10-19-17(4,12-15)16-11-13(2)6-7-14(16)3/h6-7,11,15,18H,5,8-10,12H2,1-4H3. The van der Waals surface area contributed by atoms with Crippen LogP contribution < -0.4 is 5.32 Å². The molecule has 1 aromatic carbocycles. The van der Waals surface area contributed by atoms with Crippen molar-refractivity contribution in [3.05, 3.63) is 34.9 Å². The highest BCUT2D eigenvalue weighted by Crippen LogP contribution is 2.36. The van der Waals surface area contributed by atoms with E-state index in [4.69, 9.17) is 4.74 Å². The Labute approximate surface area is 117 Å². The fourth-order valence-electron chi connectivity index (χ4n) is 3.07. The Morgan fingerprint density at radius 2 is 2.16 bits per heavy atom. The van der Waals surface area contributed by atoms with Crippen molar-refractivity contribution in [3.8, 4) is 0 Å². The Kier molecular flexibility index (Phi) is 4.64. The summed E-state index contributed by atoms with van der Waals surface area (Å²) in [6.07, 6.45) is 3.38. The zero-order valence-corrected chi connectivity index (χ0v) is 12.8. The van der Waals surface area contributed by atoms with Gasteiger partial charge >= 0.3 is 0 Å². The van der Waals surface area contributed by atoms with E-state index in [0.717, 1.165) is 26.0 Å². The van der Waals surface area contributed by atoms with Crippen molar-refractivity contribution in [2.24, 2.45) is 0 Å². The molecular weight excluding hydrogens is 234 g/mol. The summed E-state index contributed by atoms with van der Waals surface area (Å²) in [7, 11) is 0. The monoisotopic (exact) mass is 261 g/mol. The molecule has 1 fully saturated rings. The molecule has 0 saturated carbocycles. The van der Waals surface area contributed by atoms with Crippen molar-refractivity contribution >= 4 is 0 Å². The first-order chi connectivity index (χ1) is 9.05. The molecular formula is C17H27NO. The lowest BCUT2D eigenvalue weighted by atomic mass is 9.83. The van der Waals surface area contributed by atoms with E-state index in [2.05, 4.69) is 51.2 Å². The minimum absolute atomic E-state index is 0.139. The van der Waals surface area contributed by atoms with Gasteiger partial charge in [-0.15, -0.1) is 0 Å². The van der Waals surface area contributed by atoms with Gasteiger partial charge < -0.3 is 10.1 Å². The maximum atomic E-state index is 6.16. The number of hydrogen-bond donors (Lipinski definition) is 1. The third-order valence-corrected chi connectivity index (χ3v) is 4.17. The number of ether oxygens (including phenoxy) is 1. The highest BCUT2D eigenvalue weighted by molar-refractivity contribution is 5.35. The van der Waals surface area contributed by atoms with Crippen molar-refractivity contribution in [1.29, 1.82) is 0 Å². The lowest BCUT2D eigenvalue weighted by molar-refractivity contribution is -0.0815. The molecule has 2 atom stereocenters. The number of hydrogen-bond acceptors (Lipinski definition) is 2. The molecule has 0 amide bonds. The third kappa shape index (κ3) is 3.37. The highest BCUT2D eigenvalue weighted by atomic mass is 16.5. The molecule has 1 N–H and O–H groups in total. The molecule has 2 rings (SSSR count). The van der Waals surface area contributed by atoms with Gasteiger partial charge in [0.15, 0.2) is 0 Å². The second kappa shape index (κ2) is 6.06. The first-order valence-electron chi connectivity index (χ1n) is 7.50. The van der Waals surface area contributed by atoms with Gasteiger partial charge in [0, 0.05) is 12.6 Å². The zero-order chi connectivity index (χ0) is 13.9. The maximum Gasteiger partial charge on any atom is 0.0920 e. The molecule has 1 aromatic rings. The molecule has 0 aliphatic carbocycles. The van der Waals surface area contributed by atoms with Crippen LogP contribution in [0.5, 0.6) is 0 Å². The number of benzene rings is 1. The van der Waals surface area contributed by atoms with Gasteiger partial charge in [-0.3, -0.25) is 0 Å². The fraction of sp³-hybridized carbons (Fsp3) is 0.647. The first kappa shape index (κ1) is 14.5. The van der Waals surface area contributed by atoms with E-state index < -0.39 is 0 Å². The smallest absolute Gasteiger partial charge is 0.0920 e. The van der Waals surface area contributed by atoms with Crippen molar-refractivity contribution in [2.75, 3.05) is 13.2 Å². The first-order valence-corrected chi connectivity index (χ1v) is 7.50. The molecule has 2 unspecified atom stereocenters. The van der Waals surface area contributed by atoms with E-state index in [1.807, 2.05) is 0 Å². The van der Waals surface area contributed by atoms with E-state index >= 15 is 0 Å². The Morgan fingerprint density at radius 3 is 2.89 bits per heavy atom. The van der Waals surface area contributed by atoms with Gasteiger partial charge in [-0.1, -0.05) is 30.7 Å². The molecule has 0 radical (unpaired) electrons. The molecule has 1 heterocycles. The predicted octanol–water partition coefficient (Wildman–Crippen LogP) is 3.70. The van der Waals surface area contributed by atoms with Crippen molar-refractivity contribution < 1.29 is 4.74 Å². The molecule has 1 aliphatic heterocycles. The molecule has 2 heteroatoms. The minimum atomic E-state index is -0.139. The molecule has 106 valence electrons. The van der Waals surface area contributed by atoms with Crippen LogP contribution in [0, 0.1) is 13.8 Å². The third-order valence-electron chi connectivity index (χ3n) is 4.17. The summed E-state index contributed by atoms with van der Waals surface area (Å²) in [6.45, 7) is 10.8. The second-order valence-corrected chi connectivity index (χ2v) is 6.04. The second-order valence-electron chi connectivity index (χ2n) is 6.04. The van der Waals surface area contributed by atoms with Crippen LogP contribution in [0.4, 0.5) is 0 Å². The van der Waals surface area contributed by atoms with Crippen LogP contribution in [-0.2, 0) is 10.3 Å². The SMILES string of the molecule is CCCNC1CCOC(C)(c2cc(C)ccc2C)C1. The molecule has 19 heavy (non-hydrogen) atoms. The van der Waals surface area contributed by atoms with Gasteiger partial charge in [0.25, 0.3) is 0 Å². The van der Waals surface area contributed by atoms with Crippen LogP contribution in [0.3, 0.4) is 0 Å². The topological polar surface area (TPSA) is 21.3 Å². The van der Waals surface area contributed by atoms with Gasteiger partial charge in [-0.2, -0.15) is 0 Å². The molecule has 2 nitrogen and oxygen atoms in total. The Morgan fingerprint density at radius 1 is 1.37 bits per heavy atom. The van der Waals surface area contributed by atoms with Gasteiger partial charge in [0.1, 0.15) is 0 Å². The van der Waals surface area contributed by atoms with Crippen LogP contribution in [0.25, 0.3) is 0 Å². The van der Waals surface area contributed by atoms with Crippen LogP contribution in [0.15, 0.2) is 18.2 Å². The highest BCUT2D eigenvalue weighted by Gasteiger charge is 2.35. The summed E-state index contributed by atoms with van der Waals surface area (Å²) in [5.74, 6) is 0. The normalized spacial score (nSPS) is 27.5. The number of rotatable bonds is 4. The van der Waals surface area contributed by atoms with Crippen molar-refractivity contribution in [3.63, 3.8) is 0 Å². The minimum Gasteiger partial charge on any atom is -0.370 e. The fourth-order valence-corrected chi connectivity index (χ4v) is 3.07. The van der Waals surface area contributed by atoms with E-state index in [1.54, 1.807) is 0 Å². The molecule has 1 aliphatic rings. The molecule has 0 aromatic heterocycles. The van der Waals surface area contributed by atoms with E-state index in [9.17, 15) is 0 Å². The van der Waals surface area contributed by atoms with Gasteiger partial charge in [-0.25, -0.2) is 0 Å². The average Bonchev–Trinajstić information content (AvgIpc) is 2.39. The lowest BCUT2D eigenvalue weighted by Gasteiger charge is -2.40. The van der Waals surface area contributed by atoms with Crippen molar-refractivity contribution in [1.82, 2.24) is 5.32 Å². The van der Waals surface area contributed by atoms with E-state index in [0.29, 0.717) is 6.04 Å². The molecule has 0 spiro atoms. The van der Waals surface area contributed by atoms with Gasteiger partial charge in [0.2, 0.25) is 0 Å². The Hall–Kier alpha value is -0.860. The van der Waals surface area contributed by atoms with Crippen LogP contribution in [0.1, 0.15) is 49.8 Å². The number of nitrogens with one attached hydrogen (secondary N) is 1. The molecule has 1 saturated heterocycles. The van der Waals surface area contributed by atoms with Crippen LogP contribution in [0.2, 0.25) is 0 Å². The molecule has 0 bridgehead atoms. The quantitative estimate of drug-likeness (QED) is 0.892. The predicted molar refractivity (Wildman–Crippen MR) is 80.5 cm³/mol. The number of aryl methyl sites for hydroxylation is 2. The van der Waals surface area contributed by atoms with Gasteiger partial charge in [0.05, 0.1) is 5.60 Å². The Bertz CT molecular complexity index is 429. The average molecular weight is 261 g/mol. The maximum absolute atomic E-state index is 6.16. The largest absolute Gasteiger partial charge is 0.370 e. The van der Waals surface area contributed by atoms with E-state index in [-0.39, 0.29) is 5.60 Å². The summed E-state index contributed by atoms with van der Waals surface area (Å²) in [6, 6.07) is 7.26.